The van der Waals surface area contributed by atoms with Gasteiger partial charge in [0.25, 0.3) is 5.91 Å². The van der Waals surface area contributed by atoms with Crippen molar-refractivity contribution < 1.29 is 19.7 Å². The first-order chi connectivity index (χ1) is 16.4. The van der Waals surface area contributed by atoms with Crippen LogP contribution in [0.3, 0.4) is 0 Å². The predicted molar refractivity (Wildman–Crippen MR) is 125 cm³/mol. The number of rotatable bonds is 4. The fraction of sp³-hybridized carbons (Fsp3) is 0.538. The Labute approximate surface area is 203 Å². The summed E-state index contributed by atoms with van der Waals surface area (Å²) in [4.78, 5) is 19.6. The Balaban J connectivity index is 1.29. The smallest absolute Gasteiger partial charge is 0.251 e. The molecule has 5 aliphatic rings. The van der Waals surface area contributed by atoms with Crippen molar-refractivity contribution in [1.29, 1.82) is 0 Å². The number of piperidine rings is 1. The molecule has 178 valence electrons. The number of aromatic hydroxyl groups is 1. The Bertz CT molecular complexity index is 1200. The topological polar surface area (TPSA) is 94.9 Å². The van der Waals surface area contributed by atoms with Crippen molar-refractivity contribution >= 4 is 17.5 Å². The lowest BCUT2D eigenvalue weighted by Gasteiger charge is -2.64. The number of nitrogens with zero attached hydrogens (tertiary/aromatic N) is 2. The fourth-order valence-corrected chi connectivity index (χ4v) is 7.60. The molecule has 3 N–H and O–H groups in total. The van der Waals surface area contributed by atoms with Gasteiger partial charge in [-0.05, 0) is 74.8 Å². The summed E-state index contributed by atoms with van der Waals surface area (Å²) >= 11 is 6.00. The highest BCUT2D eigenvalue weighted by Crippen LogP contribution is 2.65. The van der Waals surface area contributed by atoms with Crippen LogP contribution in [0.15, 0.2) is 30.5 Å². The van der Waals surface area contributed by atoms with Crippen LogP contribution in [0.5, 0.6) is 11.5 Å². The number of amides is 1. The number of ether oxygens (including phenoxy) is 1. The van der Waals surface area contributed by atoms with E-state index >= 15 is 0 Å². The quantitative estimate of drug-likeness (QED) is 0.581. The van der Waals surface area contributed by atoms with Gasteiger partial charge < -0.3 is 20.3 Å². The van der Waals surface area contributed by atoms with Crippen molar-refractivity contribution in [2.24, 2.45) is 5.92 Å². The molecule has 1 amide bonds. The number of pyridine rings is 1. The summed E-state index contributed by atoms with van der Waals surface area (Å²) in [6.45, 7) is 1.93. The third-order valence-electron chi connectivity index (χ3n) is 9.07. The Morgan fingerprint density at radius 2 is 2.12 bits per heavy atom. The molecule has 2 bridgehead atoms. The zero-order chi connectivity index (χ0) is 23.2. The molecule has 7 rings (SSSR count). The Hall–Kier alpha value is -2.35. The van der Waals surface area contributed by atoms with Gasteiger partial charge >= 0.3 is 0 Å². The number of hydrogen-bond acceptors (Lipinski definition) is 6. The van der Waals surface area contributed by atoms with Gasteiger partial charge in [-0.2, -0.15) is 0 Å². The molecule has 3 fully saturated rings. The van der Waals surface area contributed by atoms with Crippen LogP contribution in [0.1, 0.15) is 53.6 Å². The van der Waals surface area contributed by atoms with Crippen molar-refractivity contribution in [3.8, 4) is 11.5 Å². The number of aromatic nitrogens is 1. The lowest BCUT2D eigenvalue weighted by molar-refractivity contribution is -0.191. The second-order valence-electron chi connectivity index (χ2n) is 10.8. The molecule has 7 nitrogen and oxygen atoms in total. The standard InChI is InChI=1S/C26H28ClN3O4/c27-20-12-16(6-9-28-20)24(32)29-17-5-7-26(33)19-11-15-3-4-18(31)22-21(15)25(26,23(17)34-22)8-10-30(19)13-14-1-2-14/h3-4,6,9,12,14,17,19,23,31,33H,1-2,5,7-8,10-11,13H2,(H,29,32)/t17-,19?,23+,25+,26?/m1/s1. The molecule has 1 aromatic carbocycles. The highest BCUT2D eigenvalue weighted by molar-refractivity contribution is 6.29. The van der Waals surface area contributed by atoms with Gasteiger partial charge in [0.05, 0.1) is 17.1 Å². The van der Waals surface area contributed by atoms with Crippen molar-refractivity contribution in [2.75, 3.05) is 13.1 Å². The number of phenols is 1. The number of aliphatic hydroxyl groups is 1. The number of hydrogen-bond donors (Lipinski definition) is 3. The molecular formula is C26H28ClN3O4. The molecule has 34 heavy (non-hydrogen) atoms. The summed E-state index contributed by atoms with van der Waals surface area (Å²) in [7, 11) is 0. The van der Waals surface area contributed by atoms with E-state index in [1.165, 1.54) is 19.0 Å². The van der Waals surface area contributed by atoms with E-state index in [-0.39, 0.29) is 28.9 Å². The number of likely N-dealkylation sites (tertiary alicyclic amines) is 1. The summed E-state index contributed by atoms with van der Waals surface area (Å²) in [5, 5.41) is 26.6. The molecule has 0 radical (unpaired) electrons. The fourth-order valence-electron chi connectivity index (χ4n) is 7.42. The second-order valence-corrected chi connectivity index (χ2v) is 11.2. The SMILES string of the molecule is O=C(N[C@@H]1CCC2(O)C3Cc4ccc(O)c5c4[C@@]2(CCN3CC2CC2)[C@H]1O5)c1ccnc(Cl)c1. The summed E-state index contributed by atoms with van der Waals surface area (Å²) in [5.41, 5.74) is 0.952. The third kappa shape index (κ3) is 2.72. The summed E-state index contributed by atoms with van der Waals surface area (Å²) in [5.74, 6) is 1.10. The first kappa shape index (κ1) is 21.0. The minimum absolute atomic E-state index is 0.0200. The van der Waals surface area contributed by atoms with E-state index in [0.29, 0.717) is 24.2 Å². The van der Waals surface area contributed by atoms with Crippen LogP contribution >= 0.6 is 11.6 Å². The lowest BCUT2D eigenvalue weighted by atomic mass is 9.48. The molecule has 1 aromatic heterocycles. The minimum Gasteiger partial charge on any atom is -0.504 e. The molecule has 2 aliphatic heterocycles. The number of nitrogens with one attached hydrogen (secondary N) is 1. The molecule has 2 saturated carbocycles. The van der Waals surface area contributed by atoms with Gasteiger partial charge in [-0.25, -0.2) is 4.98 Å². The summed E-state index contributed by atoms with van der Waals surface area (Å²) in [6, 6.07) is 6.62. The Morgan fingerprint density at radius 3 is 2.91 bits per heavy atom. The Kier molecular flexibility index (Phi) is 4.37. The van der Waals surface area contributed by atoms with Gasteiger partial charge in [0, 0.05) is 29.9 Å². The number of phenolic OH excluding ortho intramolecular Hbond substituents is 1. The molecule has 5 atom stereocenters. The number of benzene rings is 1. The second kappa shape index (κ2) is 7.09. The van der Waals surface area contributed by atoms with E-state index in [0.717, 1.165) is 43.0 Å². The maximum Gasteiger partial charge on any atom is 0.251 e. The van der Waals surface area contributed by atoms with Crippen LogP contribution < -0.4 is 10.1 Å². The van der Waals surface area contributed by atoms with E-state index in [1.54, 1.807) is 18.2 Å². The van der Waals surface area contributed by atoms with Crippen molar-refractivity contribution in [2.45, 2.75) is 67.7 Å². The average molecular weight is 482 g/mol. The van der Waals surface area contributed by atoms with Gasteiger partial charge in [0.15, 0.2) is 11.5 Å². The molecule has 8 heteroatoms. The van der Waals surface area contributed by atoms with Crippen LogP contribution in [0.25, 0.3) is 0 Å². The minimum atomic E-state index is -0.960. The first-order valence-corrected chi connectivity index (χ1v) is 12.7. The molecule has 1 spiro atoms. The molecular weight excluding hydrogens is 454 g/mol. The third-order valence-corrected chi connectivity index (χ3v) is 9.27. The lowest BCUT2D eigenvalue weighted by Crippen LogP contribution is -2.78. The number of carbonyl (C=O) groups excluding carboxylic acids is 1. The van der Waals surface area contributed by atoms with E-state index in [1.807, 2.05) is 6.07 Å². The van der Waals surface area contributed by atoms with E-state index < -0.39 is 17.1 Å². The van der Waals surface area contributed by atoms with Gasteiger partial charge in [0.2, 0.25) is 0 Å². The molecule has 2 aromatic rings. The summed E-state index contributed by atoms with van der Waals surface area (Å²) < 4.78 is 6.49. The van der Waals surface area contributed by atoms with E-state index in [2.05, 4.69) is 15.2 Å². The molecule has 3 heterocycles. The zero-order valence-electron chi connectivity index (χ0n) is 18.8. The van der Waals surface area contributed by atoms with Gasteiger partial charge in [0.1, 0.15) is 11.3 Å². The van der Waals surface area contributed by atoms with Crippen molar-refractivity contribution in [3.63, 3.8) is 0 Å². The summed E-state index contributed by atoms with van der Waals surface area (Å²) in [6.07, 6.45) is 6.31. The van der Waals surface area contributed by atoms with Crippen LogP contribution in [-0.4, -0.2) is 62.9 Å². The van der Waals surface area contributed by atoms with Gasteiger partial charge in [-0.15, -0.1) is 0 Å². The van der Waals surface area contributed by atoms with Crippen LogP contribution in [0.2, 0.25) is 5.15 Å². The maximum absolute atomic E-state index is 13.1. The Morgan fingerprint density at radius 1 is 1.26 bits per heavy atom. The van der Waals surface area contributed by atoms with Gasteiger partial charge in [-0.3, -0.25) is 9.69 Å². The van der Waals surface area contributed by atoms with E-state index in [9.17, 15) is 15.0 Å². The number of halogens is 1. The molecule has 3 aliphatic carbocycles. The molecule has 2 unspecified atom stereocenters. The monoisotopic (exact) mass is 481 g/mol. The zero-order valence-corrected chi connectivity index (χ0v) is 19.6. The average Bonchev–Trinajstić information content (AvgIpc) is 3.56. The van der Waals surface area contributed by atoms with Crippen molar-refractivity contribution in [1.82, 2.24) is 15.2 Å². The maximum atomic E-state index is 13.1. The normalized spacial score (nSPS) is 35.4. The van der Waals surface area contributed by atoms with Gasteiger partial charge in [-0.1, -0.05) is 17.7 Å². The number of carbonyl (C=O) groups is 1. The van der Waals surface area contributed by atoms with Crippen LogP contribution in [0, 0.1) is 5.92 Å². The molecule has 1 saturated heterocycles. The highest BCUT2D eigenvalue weighted by atomic mass is 35.5. The van der Waals surface area contributed by atoms with Crippen LogP contribution in [-0.2, 0) is 11.8 Å². The van der Waals surface area contributed by atoms with Crippen LogP contribution in [0.4, 0.5) is 0 Å². The predicted octanol–water partition coefficient (Wildman–Crippen LogP) is 2.80. The highest BCUT2D eigenvalue weighted by Gasteiger charge is 2.73. The first-order valence-electron chi connectivity index (χ1n) is 12.3. The largest absolute Gasteiger partial charge is 0.504 e. The van der Waals surface area contributed by atoms with E-state index in [4.69, 9.17) is 16.3 Å². The van der Waals surface area contributed by atoms with Crippen molar-refractivity contribution in [3.05, 3.63) is 52.3 Å².